The smallest absolute Gasteiger partial charge is 0.160 e. The van der Waals surface area contributed by atoms with Crippen molar-refractivity contribution in [1.29, 1.82) is 0 Å². The third-order valence-electron chi connectivity index (χ3n) is 4.71. The highest BCUT2D eigenvalue weighted by Gasteiger charge is 2.22. The average molecular weight is 301 g/mol. The molecule has 120 valence electrons. The molecule has 0 amide bonds. The Morgan fingerprint density at radius 2 is 2.18 bits per heavy atom. The fraction of sp³-hybridized carbons (Fsp3) is 0.647. The van der Waals surface area contributed by atoms with Crippen molar-refractivity contribution in [2.24, 2.45) is 0 Å². The van der Waals surface area contributed by atoms with Crippen molar-refractivity contribution in [2.45, 2.75) is 58.0 Å². The lowest BCUT2D eigenvalue weighted by atomic mass is 9.92. The molecule has 2 aromatic heterocycles. The van der Waals surface area contributed by atoms with Gasteiger partial charge in [-0.3, -0.25) is 5.10 Å². The Kier molecular flexibility index (Phi) is 4.08. The van der Waals surface area contributed by atoms with Gasteiger partial charge >= 0.3 is 0 Å². The van der Waals surface area contributed by atoms with Crippen molar-refractivity contribution in [3.05, 3.63) is 24.2 Å². The minimum absolute atomic E-state index is 0.0786. The summed E-state index contributed by atoms with van der Waals surface area (Å²) in [5, 5.41) is 7.62. The van der Waals surface area contributed by atoms with E-state index >= 15 is 0 Å². The van der Waals surface area contributed by atoms with Crippen LogP contribution in [-0.2, 0) is 12.0 Å². The van der Waals surface area contributed by atoms with E-state index in [1.807, 2.05) is 6.20 Å². The lowest BCUT2D eigenvalue weighted by Crippen LogP contribution is -2.26. The maximum Gasteiger partial charge on any atom is 0.160 e. The number of likely N-dealkylation sites (tertiary alicyclic amines) is 1. The van der Waals surface area contributed by atoms with Crippen LogP contribution in [0, 0.1) is 0 Å². The molecule has 2 aromatic rings. The number of hydrogen-bond donors (Lipinski definition) is 1. The van der Waals surface area contributed by atoms with Gasteiger partial charge in [0.25, 0.3) is 0 Å². The molecule has 0 spiro atoms. The number of nitrogens with one attached hydrogen (secondary N) is 1. The molecule has 22 heavy (non-hydrogen) atoms. The number of H-pyrrole nitrogens is 1. The van der Waals surface area contributed by atoms with Crippen LogP contribution in [0.2, 0.25) is 0 Å². The molecule has 1 atom stereocenters. The molecule has 0 radical (unpaired) electrons. The Bertz CT molecular complexity index is 619. The monoisotopic (exact) mass is 301 g/mol. The molecule has 1 saturated heterocycles. The Labute approximate surface area is 132 Å². The predicted molar refractivity (Wildman–Crippen MR) is 88.8 cm³/mol. The maximum absolute atomic E-state index is 4.51. The second kappa shape index (κ2) is 5.88. The van der Waals surface area contributed by atoms with Gasteiger partial charge in [0.15, 0.2) is 5.82 Å². The summed E-state index contributed by atoms with van der Waals surface area (Å²) in [6, 6.07) is 2.83. The second-order valence-electron chi connectivity index (χ2n) is 7.43. The minimum atomic E-state index is 0.0786. The Hall–Kier alpha value is -1.62. The maximum atomic E-state index is 4.51. The standard InChI is InChI=1S/C17H27N5/c1-17(2,3)15-12-14(19-20-15)16-18-8-11-22(16)10-7-13-6-5-9-21(13)4/h8,11-13H,5-7,9-10H2,1-4H3,(H,19,20)/t13-/m0/s1. The highest BCUT2D eigenvalue weighted by atomic mass is 15.2. The zero-order valence-electron chi connectivity index (χ0n) is 14.1. The van der Waals surface area contributed by atoms with Crippen LogP contribution in [0.25, 0.3) is 11.5 Å². The molecule has 0 bridgehead atoms. The van der Waals surface area contributed by atoms with E-state index in [0.29, 0.717) is 6.04 Å². The van der Waals surface area contributed by atoms with Gasteiger partial charge in [-0.1, -0.05) is 20.8 Å². The zero-order chi connectivity index (χ0) is 15.7. The molecule has 5 nitrogen and oxygen atoms in total. The van der Waals surface area contributed by atoms with Gasteiger partial charge in [-0.25, -0.2) is 4.98 Å². The van der Waals surface area contributed by atoms with E-state index in [9.17, 15) is 0 Å². The SMILES string of the molecule is CN1CCC[C@H]1CCn1ccnc1-c1cc(C(C)(C)C)[nH]n1. The van der Waals surface area contributed by atoms with Gasteiger partial charge in [0.2, 0.25) is 0 Å². The van der Waals surface area contributed by atoms with Gasteiger partial charge in [0, 0.05) is 36.1 Å². The van der Waals surface area contributed by atoms with Crippen molar-refractivity contribution in [1.82, 2.24) is 24.6 Å². The third kappa shape index (κ3) is 3.09. The summed E-state index contributed by atoms with van der Waals surface area (Å²) in [7, 11) is 2.23. The fourth-order valence-corrected chi connectivity index (χ4v) is 3.18. The molecule has 3 heterocycles. The van der Waals surface area contributed by atoms with E-state index < -0.39 is 0 Å². The molecule has 3 rings (SSSR count). The zero-order valence-corrected chi connectivity index (χ0v) is 14.1. The number of aromatic amines is 1. The summed E-state index contributed by atoms with van der Waals surface area (Å²) < 4.78 is 2.23. The number of rotatable bonds is 4. The van der Waals surface area contributed by atoms with Crippen molar-refractivity contribution in [3.63, 3.8) is 0 Å². The lowest BCUT2D eigenvalue weighted by molar-refractivity contribution is 0.286. The molecule has 5 heteroatoms. The van der Waals surface area contributed by atoms with Gasteiger partial charge in [-0.15, -0.1) is 0 Å². The number of aromatic nitrogens is 4. The van der Waals surface area contributed by atoms with Crippen LogP contribution in [0.1, 0.15) is 45.7 Å². The topological polar surface area (TPSA) is 49.7 Å². The largest absolute Gasteiger partial charge is 0.330 e. The summed E-state index contributed by atoms with van der Waals surface area (Å²) in [5.74, 6) is 0.965. The quantitative estimate of drug-likeness (QED) is 0.944. The highest BCUT2D eigenvalue weighted by molar-refractivity contribution is 5.50. The van der Waals surface area contributed by atoms with Crippen molar-refractivity contribution in [3.8, 4) is 11.5 Å². The number of aryl methyl sites for hydroxylation is 1. The molecule has 1 aliphatic heterocycles. The number of hydrogen-bond acceptors (Lipinski definition) is 3. The van der Waals surface area contributed by atoms with Gasteiger partial charge < -0.3 is 9.47 Å². The first-order chi connectivity index (χ1) is 10.4. The molecule has 0 aliphatic carbocycles. The van der Waals surface area contributed by atoms with Crippen LogP contribution in [0.3, 0.4) is 0 Å². The van der Waals surface area contributed by atoms with E-state index in [2.05, 4.69) is 64.7 Å². The molecule has 0 unspecified atom stereocenters. The van der Waals surface area contributed by atoms with Gasteiger partial charge in [-0.2, -0.15) is 5.10 Å². The first-order valence-electron chi connectivity index (χ1n) is 8.23. The molecular formula is C17H27N5. The lowest BCUT2D eigenvalue weighted by Gasteiger charge is -2.19. The van der Waals surface area contributed by atoms with Gasteiger partial charge in [0.05, 0.1) is 0 Å². The van der Waals surface area contributed by atoms with Crippen molar-refractivity contribution in [2.75, 3.05) is 13.6 Å². The summed E-state index contributed by atoms with van der Waals surface area (Å²) >= 11 is 0. The van der Waals surface area contributed by atoms with Crippen LogP contribution < -0.4 is 0 Å². The summed E-state index contributed by atoms with van der Waals surface area (Å²) in [5.41, 5.74) is 2.16. The van der Waals surface area contributed by atoms with Crippen LogP contribution in [0.15, 0.2) is 18.5 Å². The van der Waals surface area contributed by atoms with Crippen molar-refractivity contribution >= 4 is 0 Å². The summed E-state index contributed by atoms with van der Waals surface area (Å²) in [4.78, 5) is 6.99. The average Bonchev–Trinajstić information content (AvgIpc) is 3.15. The third-order valence-corrected chi connectivity index (χ3v) is 4.71. The van der Waals surface area contributed by atoms with Crippen LogP contribution in [-0.4, -0.2) is 44.3 Å². The van der Waals surface area contributed by atoms with Gasteiger partial charge in [0.1, 0.15) is 5.69 Å². The van der Waals surface area contributed by atoms with E-state index in [4.69, 9.17) is 0 Å². The molecule has 1 aliphatic rings. The molecule has 0 aromatic carbocycles. The van der Waals surface area contributed by atoms with Crippen LogP contribution >= 0.6 is 0 Å². The molecular weight excluding hydrogens is 274 g/mol. The number of nitrogens with zero attached hydrogens (tertiary/aromatic N) is 4. The summed E-state index contributed by atoms with van der Waals surface area (Å²) in [6.07, 6.45) is 7.76. The fourth-order valence-electron chi connectivity index (χ4n) is 3.18. The second-order valence-corrected chi connectivity index (χ2v) is 7.43. The minimum Gasteiger partial charge on any atom is -0.330 e. The van der Waals surface area contributed by atoms with Gasteiger partial charge in [-0.05, 0) is 38.9 Å². The van der Waals surface area contributed by atoms with Crippen LogP contribution in [0.5, 0.6) is 0 Å². The molecule has 1 fully saturated rings. The van der Waals surface area contributed by atoms with E-state index in [1.54, 1.807) is 0 Å². The van der Waals surface area contributed by atoms with E-state index in [1.165, 1.54) is 25.8 Å². The van der Waals surface area contributed by atoms with Crippen LogP contribution in [0.4, 0.5) is 0 Å². The summed E-state index contributed by atoms with van der Waals surface area (Å²) in [6.45, 7) is 8.80. The predicted octanol–water partition coefficient (Wildman–Crippen LogP) is 3.06. The normalized spacial score (nSPS) is 19.9. The first-order valence-corrected chi connectivity index (χ1v) is 8.23. The Morgan fingerprint density at radius 1 is 1.36 bits per heavy atom. The van der Waals surface area contributed by atoms with E-state index in [0.717, 1.165) is 23.8 Å². The number of imidazole rings is 1. The Balaban J connectivity index is 1.73. The first kappa shape index (κ1) is 15.3. The van der Waals surface area contributed by atoms with E-state index in [-0.39, 0.29) is 5.41 Å². The molecule has 0 saturated carbocycles. The Morgan fingerprint density at radius 3 is 2.82 bits per heavy atom. The van der Waals surface area contributed by atoms with Crippen molar-refractivity contribution < 1.29 is 0 Å². The highest BCUT2D eigenvalue weighted by Crippen LogP contribution is 2.25. The molecule has 1 N–H and O–H groups in total.